The quantitative estimate of drug-likeness (QED) is 0.151. The molecule has 0 unspecified atom stereocenters. The van der Waals surface area contributed by atoms with Crippen LogP contribution in [0.4, 0.5) is 34.1 Å². The highest BCUT2D eigenvalue weighted by molar-refractivity contribution is 7.25. The fourth-order valence-corrected chi connectivity index (χ4v) is 11.9. The molecule has 2 aromatic heterocycles. The van der Waals surface area contributed by atoms with Crippen LogP contribution in [0.15, 0.2) is 237 Å². The number of rotatable bonds is 8. The van der Waals surface area contributed by atoms with E-state index < -0.39 is 0 Å². The van der Waals surface area contributed by atoms with Gasteiger partial charge in [0, 0.05) is 76.0 Å². The first-order chi connectivity index (χ1) is 33.0. The Morgan fingerprint density at radius 3 is 1.75 bits per heavy atom. The number of benzene rings is 10. The standard InChI is InChI=1S/C63H45N3S/c1-63(2)56-27-15-12-24-49(56)50-34-31-48(41-57(50)63)64(43-18-6-3-7-19-43)46-32-36-59(65(44-20-8-4-9-21-44)47-33-37-62-55(40-47)52-26-14-17-29-61(52)67-62)53(39-46)42-30-35-60-54(38-42)51-25-13-16-28-58(51)66(60)45-22-10-5-11-23-45/h3-41H,1-2H3. The number of anilines is 6. The molecule has 1 aliphatic rings. The van der Waals surface area contributed by atoms with Crippen LogP contribution in [-0.2, 0) is 5.41 Å². The summed E-state index contributed by atoms with van der Waals surface area (Å²) in [6, 6.07) is 87.0. The molecule has 0 saturated carbocycles. The second-order valence-corrected chi connectivity index (χ2v) is 19.2. The molecule has 67 heavy (non-hydrogen) atoms. The zero-order chi connectivity index (χ0) is 44.6. The highest BCUT2D eigenvalue weighted by Gasteiger charge is 2.36. The summed E-state index contributed by atoms with van der Waals surface area (Å²) < 4.78 is 4.98. The molecule has 318 valence electrons. The van der Waals surface area contributed by atoms with Crippen molar-refractivity contribution in [3.8, 4) is 27.9 Å². The SMILES string of the molecule is CC1(C)c2ccccc2-c2ccc(N(c3ccccc3)c3ccc(N(c4ccccc4)c4ccc5sc6ccccc6c5c4)c(-c4ccc5c(c4)c4ccccc4n5-c4ccccc4)c3)cc21. The minimum atomic E-state index is -0.140. The van der Waals surface area contributed by atoms with Crippen LogP contribution in [0.2, 0.25) is 0 Å². The first-order valence-corrected chi connectivity index (χ1v) is 23.9. The topological polar surface area (TPSA) is 11.4 Å². The van der Waals surface area contributed by atoms with E-state index in [4.69, 9.17) is 0 Å². The number of hydrogen-bond donors (Lipinski definition) is 0. The van der Waals surface area contributed by atoms with E-state index in [-0.39, 0.29) is 5.41 Å². The minimum Gasteiger partial charge on any atom is -0.310 e. The van der Waals surface area contributed by atoms with E-state index >= 15 is 0 Å². The highest BCUT2D eigenvalue weighted by atomic mass is 32.1. The van der Waals surface area contributed by atoms with Gasteiger partial charge in [-0.25, -0.2) is 0 Å². The summed E-state index contributed by atoms with van der Waals surface area (Å²) in [6.45, 7) is 4.72. The molecule has 12 aromatic rings. The molecule has 0 spiro atoms. The summed E-state index contributed by atoms with van der Waals surface area (Å²) in [5.41, 5.74) is 17.6. The molecule has 3 nitrogen and oxygen atoms in total. The van der Waals surface area contributed by atoms with E-state index in [1.165, 1.54) is 64.2 Å². The summed E-state index contributed by atoms with van der Waals surface area (Å²) in [5.74, 6) is 0. The average molecular weight is 876 g/mol. The Balaban J connectivity index is 1.07. The van der Waals surface area contributed by atoms with Gasteiger partial charge in [0.25, 0.3) is 0 Å². The lowest BCUT2D eigenvalue weighted by atomic mass is 9.82. The second kappa shape index (κ2) is 15.5. The molecular weight excluding hydrogens is 831 g/mol. The van der Waals surface area contributed by atoms with Crippen LogP contribution in [0, 0.1) is 0 Å². The van der Waals surface area contributed by atoms with E-state index in [1.54, 1.807) is 0 Å². The van der Waals surface area contributed by atoms with E-state index in [2.05, 4.69) is 265 Å². The summed E-state index contributed by atoms with van der Waals surface area (Å²) in [6.07, 6.45) is 0. The monoisotopic (exact) mass is 875 g/mol. The van der Waals surface area contributed by atoms with Gasteiger partial charge in [-0.05, 0) is 137 Å². The molecule has 0 fully saturated rings. The molecule has 0 saturated heterocycles. The van der Waals surface area contributed by atoms with Crippen molar-refractivity contribution in [1.82, 2.24) is 4.57 Å². The molecule has 2 heterocycles. The van der Waals surface area contributed by atoms with Gasteiger partial charge in [-0.2, -0.15) is 0 Å². The number of fused-ring (bicyclic) bond motifs is 9. The zero-order valence-corrected chi connectivity index (χ0v) is 38.1. The Kier molecular flexibility index (Phi) is 9.06. The van der Waals surface area contributed by atoms with E-state index in [1.807, 2.05) is 11.3 Å². The predicted molar refractivity (Wildman–Crippen MR) is 286 cm³/mol. The van der Waals surface area contributed by atoms with Crippen LogP contribution < -0.4 is 9.80 Å². The van der Waals surface area contributed by atoms with Crippen LogP contribution in [0.25, 0.3) is 69.9 Å². The summed E-state index contributed by atoms with van der Waals surface area (Å²) in [4.78, 5) is 4.88. The molecule has 4 heteroatoms. The van der Waals surface area contributed by atoms with Crippen molar-refractivity contribution in [2.24, 2.45) is 0 Å². The van der Waals surface area contributed by atoms with Crippen LogP contribution in [0.3, 0.4) is 0 Å². The lowest BCUT2D eigenvalue weighted by molar-refractivity contribution is 0.660. The molecule has 0 radical (unpaired) electrons. The Morgan fingerprint density at radius 2 is 0.940 bits per heavy atom. The number of hydrogen-bond acceptors (Lipinski definition) is 3. The number of thiophene rings is 1. The molecule has 0 N–H and O–H groups in total. The van der Waals surface area contributed by atoms with Gasteiger partial charge in [0.15, 0.2) is 0 Å². The first-order valence-electron chi connectivity index (χ1n) is 23.1. The molecule has 0 aliphatic heterocycles. The third-order valence-corrected chi connectivity index (χ3v) is 15.1. The number of para-hydroxylation sites is 4. The molecule has 1 aliphatic carbocycles. The molecular formula is C63H45N3S. The van der Waals surface area contributed by atoms with E-state index in [9.17, 15) is 0 Å². The lowest BCUT2D eigenvalue weighted by Crippen LogP contribution is -2.17. The molecule has 10 aromatic carbocycles. The van der Waals surface area contributed by atoms with Gasteiger partial charge in [0.05, 0.1) is 16.7 Å². The summed E-state index contributed by atoms with van der Waals surface area (Å²) in [5, 5.41) is 4.99. The van der Waals surface area contributed by atoms with Gasteiger partial charge < -0.3 is 14.4 Å². The second-order valence-electron chi connectivity index (χ2n) is 18.1. The fourth-order valence-electron chi connectivity index (χ4n) is 10.8. The van der Waals surface area contributed by atoms with Crippen LogP contribution in [0.1, 0.15) is 25.0 Å². The van der Waals surface area contributed by atoms with Crippen LogP contribution in [0.5, 0.6) is 0 Å². The Morgan fingerprint density at radius 1 is 0.358 bits per heavy atom. The van der Waals surface area contributed by atoms with E-state index in [0.717, 1.165) is 50.9 Å². The minimum absolute atomic E-state index is 0.140. The van der Waals surface area contributed by atoms with Gasteiger partial charge in [-0.1, -0.05) is 141 Å². The third-order valence-electron chi connectivity index (χ3n) is 13.9. The maximum absolute atomic E-state index is 2.45. The van der Waals surface area contributed by atoms with Gasteiger partial charge in [0.2, 0.25) is 0 Å². The van der Waals surface area contributed by atoms with Crippen molar-refractivity contribution < 1.29 is 0 Å². The van der Waals surface area contributed by atoms with Crippen molar-refractivity contribution in [3.63, 3.8) is 0 Å². The van der Waals surface area contributed by atoms with Gasteiger partial charge in [-0.3, -0.25) is 0 Å². The molecule has 0 atom stereocenters. The van der Waals surface area contributed by atoms with Gasteiger partial charge in [0.1, 0.15) is 0 Å². The fraction of sp³-hybridized carbons (Fsp3) is 0.0476. The highest BCUT2D eigenvalue weighted by Crippen LogP contribution is 2.52. The predicted octanol–water partition coefficient (Wildman–Crippen LogP) is 18.1. The third kappa shape index (κ3) is 6.32. The van der Waals surface area contributed by atoms with Crippen molar-refractivity contribution in [2.75, 3.05) is 9.80 Å². The molecule has 0 bridgehead atoms. The Hall–Kier alpha value is -8.18. The summed E-state index contributed by atoms with van der Waals surface area (Å²) in [7, 11) is 0. The van der Waals surface area contributed by atoms with Gasteiger partial charge in [-0.15, -0.1) is 11.3 Å². The van der Waals surface area contributed by atoms with Crippen molar-refractivity contribution in [1.29, 1.82) is 0 Å². The molecule has 0 amide bonds. The largest absolute Gasteiger partial charge is 0.310 e. The zero-order valence-electron chi connectivity index (χ0n) is 37.3. The van der Waals surface area contributed by atoms with E-state index in [0.29, 0.717) is 0 Å². The van der Waals surface area contributed by atoms with Crippen molar-refractivity contribution in [2.45, 2.75) is 19.3 Å². The number of aromatic nitrogens is 1. The molecule has 13 rings (SSSR count). The maximum atomic E-state index is 2.45. The number of nitrogens with zero attached hydrogens (tertiary/aromatic N) is 3. The van der Waals surface area contributed by atoms with Crippen molar-refractivity contribution in [3.05, 3.63) is 248 Å². The smallest absolute Gasteiger partial charge is 0.0541 e. The Labute approximate surface area is 394 Å². The normalized spacial score (nSPS) is 12.7. The lowest BCUT2D eigenvalue weighted by Gasteiger charge is -2.31. The van der Waals surface area contributed by atoms with Crippen molar-refractivity contribution >= 4 is 87.4 Å². The Bertz CT molecular complexity index is 3850. The first kappa shape index (κ1) is 39.2. The maximum Gasteiger partial charge on any atom is 0.0541 e. The summed E-state index contributed by atoms with van der Waals surface area (Å²) >= 11 is 1.85. The average Bonchev–Trinajstić information content (AvgIpc) is 4.00. The van der Waals surface area contributed by atoms with Crippen LogP contribution in [-0.4, -0.2) is 4.57 Å². The van der Waals surface area contributed by atoms with Gasteiger partial charge >= 0.3 is 0 Å². The van der Waals surface area contributed by atoms with Crippen LogP contribution >= 0.6 is 11.3 Å².